The first-order valence-corrected chi connectivity index (χ1v) is 6.85. The topological polar surface area (TPSA) is 59.1 Å². The molecule has 16 heavy (non-hydrogen) atoms. The highest BCUT2D eigenvalue weighted by atomic mass is 32.2. The van der Waals surface area contributed by atoms with E-state index in [-0.39, 0.29) is 4.90 Å². The molecule has 0 amide bonds. The van der Waals surface area contributed by atoms with E-state index in [1.54, 1.807) is 36.4 Å². The fourth-order valence-corrected chi connectivity index (χ4v) is 2.79. The summed E-state index contributed by atoms with van der Waals surface area (Å²) < 4.78 is 30.1. The van der Waals surface area contributed by atoms with Crippen LogP contribution in [-0.2, 0) is 10.0 Å². The molecule has 1 aromatic carbocycles. The van der Waals surface area contributed by atoms with Gasteiger partial charge in [-0.3, -0.25) is 4.72 Å². The van der Waals surface area contributed by atoms with Gasteiger partial charge in [0.05, 0.1) is 4.90 Å². The molecule has 0 aliphatic carbocycles. The third-order valence-electron chi connectivity index (χ3n) is 1.92. The number of hydrogen-bond acceptors (Lipinski definition) is 4. The molecule has 84 valence electrons. The first kappa shape index (κ1) is 11.1. The van der Waals surface area contributed by atoms with E-state index in [4.69, 9.17) is 0 Å². The van der Waals surface area contributed by atoms with Gasteiger partial charge in [0.1, 0.15) is 0 Å². The highest BCUT2D eigenvalue weighted by Gasteiger charge is 2.14. The number of aryl methyl sites for hydroxylation is 1. The molecular weight excluding hydrogens is 244 g/mol. The minimum Gasteiger partial charge on any atom is -0.262 e. The lowest BCUT2D eigenvalue weighted by Crippen LogP contribution is -2.12. The number of aromatic nitrogens is 1. The fraction of sp³-hybridized carbons (Fsp3) is 0.100. The number of hydrogen-bond donors (Lipinski definition) is 1. The van der Waals surface area contributed by atoms with Gasteiger partial charge < -0.3 is 0 Å². The average molecular weight is 254 g/mol. The van der Waals surface area contributed by atoms with Crippen molar-refractivity contribution in [2.24, 2.45) is 0 Å². The first-order valence-electron chi connectivity index (χ1n) is 4.59. The van der Waals surface area contributed by atoms with Gasteiger partial charge in [-0.25, -0.2) is 8.42 Å². The highest BCUT2D eigenvalue weighted by molar-refractivity contribution is 7.92. The Kier molecular flexibility index (Phi) is 2.93. The summed E-state index contributed by atoms with van der Waals surface area (Å²) in [5.41, 5.74) is 0. The zero-order chi connectivity index (χ0) is 11.6. The fourth-order valence-electron chi connectivity index (χ4n) is 1.21. The molecule has 0 aliphatic rings. The van der Waals surface area contributed by atoms with Crippen LogP contribution in [0.1, 0.15) is 4.88 Å². The summed E-state index contributed by atoms with van der Waals surface area (Å²) in [6, 6.07) is 9.92. The second-order valence-electron chi connectivity index (χ2n) is 3.24. The van der Waals surface area contributed by atoms with Crippen LogP contribution < -0.4 is 4.72 Å². The van der Waals surface area contributed by atoms with Crippen molar-refractivity contribution >= 4 is 27.4 Å². The molecule has 0 atom stereocenters. The predicted octanol–water partition coefficient (Wildman–Crippen LogP) is 2.25. The monoisotopic (exact) mass is 254 g/mol. The van der Waals surface area contributed by atoms with E-state index in [2.05, 4.69) is 9.10 Å². The molecule has 1 N–H and O–H groups in total. The Morgan fingerprint density at radius 3 is 2.50 bits per heavy atom. The number of nitrogens with one attached hydrogen (secondary N) is 1. The lowest BCUT2D eigenvalue weighted by molar-refractivity contribution is 0.601. The summed E-state index contributed by atoms with van der Waals surface area (Å²) >= 11 is 1.26. The molecule has 2 rings (SSSR count). The van der Waals surface area contributed by atoms with Gasteiger partial charge in [-0.05, 0) is 36.7 Å². The molecule has 4 nitrogen and oxygen atoms in total. The third kappa shape index (κ3) is 2.40. The van der Waals surface area contributed by atoms with Gasteiger partial charge in [0.25, 0.3) is 10.0 Å². The molecule has 1 heterocycles. The van der Waals surface area contributed by atoms with Crippen LogP contribution in [0.5, 0.6) is 0 Å². The van der Waals surface area contributed by atoms with Crippen LogP contribution in [0.15, 0.2) is 41.3 Å². The zero-order valence-electron chi connectivity index (χ0n) is 8.54. The molecular formula is C10H10N2O2S2. The zero-order valence-corrected chi connectivity index (χ0v) is 10.2. The predicted molar refractivity (Wildman–Crippen MR) is 64.1 cm³/mol. The number of benzene rings is 1. The quantitative estimate of drug-likeness (QED) is 0.914. The average Bonchev–Trinajstić information content (AvgIpc) is 2.64. The molecule has 2 aromatic rings. The number of rotatable bonds is 3. The van der Waals surface area contributed by atoms with Crippen molar-refractivity contribution < 1.29 is 8.42 Å². The minimum absolute atomic E-state index is 0.237. The maximum absolute atomic E-state index is 11.9. The summed E-state index contributed by atoms with van der Waals surface area (Å²) in [5.74, 6) is 0.367. The standard InChI is InChI=1S/C10H10N2O2S2/c1-8-7-10(11-15-8)12-16(13,14)9-5-3-2-4-6-9/h2-7H,1H3,(H,11,12). The van der Waals surface area contributed by atoms with Crippen molar-refractivity contribution in [1.82, 2.24) is 4.37 Å². The van der Waals surface area contributed by atoms with E-state index in [1.807, 2.05) is 6.92 Å². The van der Waals surface area contributed by atoms with E-state index < -0.39 is 10.0 Å². The van der Waals surface area contributed by atoms with Crippen LogP contribution in [0.2, 0.25) is 0 Å². The second-order valence-corrected chi connectivity index (χ2v) is 5.93. The van der Waals surface area contributed by atoms with Crippen LogP contribution in [0.3, 0.4) is 0 Å². The third-order valence-corrected chi connectivity index (χ3v) is 3.98. The van der Waals surface area contributed by atoms with Crippen LogP contribution in [0.25, 0.3) is 0 Å². The smallest absolute Gasteiger partial charge is 0.262 e. The van der Waals surface area contributed by atoms with Gasteiger partial charge in [-0.1, -0.05) is 18.2 Å². The Bertz CT molecular complexity index is 576. The first-order chi connectivity index (χ1) is 7.58. The summed E-state index contributed by atoms with van der Waals surface area (Å²) in [4.78, 5) is 1.20. The minimum atomic E-state index is -3.51. The van der Waals surface area contributed by atoms with Gasteiger partial charge in [-0.2, -0.15) is 4.37 Å². The normalized spacial score (nSPS) is 11.3. The number of nitrogens with zero attached hydrogens (tertiary/aromatic N) is 1. The van der Waals surface area contributed by atoms with Crippen molar-refractivity contribution in [1.29, 1.82) is 0 Å². The Balaban J connectivity index is 2.28. The van der Waals surface area contributed by atoms with Crippen LogP contribution in [0, 0.1) is 6.92 Å². The van der Waals surface area contributed by atoms with Gasteiger partial charge in [0.15, 0.2) is 5.82 Å². The molecule has 0 radical (unpaired) electrons. The van der Waals surface area contributed by atoms with Gasteiger partial charge in [-0.15, -0.1) is 0 Å². The lowest BCUT2D eigenvalue weighted by atomic mass is 10.4. The van der Waals surface area contributed by atoms with Gasteiger partial charge in [0, 0.05) is 4.88 Å². The molecule has 6 heteroatoms. The van der Waals surface area contributed by atoms with Crippen LogP contribution in [-0.4, -0.2) is 12.8 Å². The molecule has 0 saturated carbocycles. The maximum atomic E-state index is 11.9. The van der Waals surface area contributed by atoms with Crippen molar-refractivity contribution in [3.8, 4) is 0 Å². The van der Waals surface area contributed by atoms with E-state index in [0.29, 0.717) is 5.82 Å². The van der Waals surface area contributed by atoms with Crippen molar-refractivity contribution in [3.63, 3.8) is 0 Å². The largest absolute Gasteiger partial charge is 0.263 e. The molecule has 1 aromatic heterocycles. The summed E-state index contributed by atoms with van der Waals surface area (Å²) in [6.07, 6.45) is 0. The molecule has 0 aliphatic heterocycles. The number of anilines is 1. The van der Waals surface area contributed by atoms with E-state index in [1.165, 1.54) is 11.5 Å². The van der Waals surface area contributed by atoms with Gasteiger partial charge >= 0.3 is 0 Å². The van der Waals surface area contributed by atoms with Crippen LogP contribution in [0.4, 0.5) is 5.82 Å². The second kappa shape index (κ2) is 4.23. The summed E-state index contributed by atoms with van der Waals surface area (Å²) in [7, 11) is -3.51. The van der Waals surface area contributed by atoms with E-state index in [9.17, 15) is 8.42 Å². The highest BCUT2D eigenvalue weighted by Crippen LogP contribution is 2.17. The van der Waals surface area contributed by atoms with Crippen molar-refractivity contribution in [2.75, 3.05) is 4.72 Å². The maximum Gasteiger partial charge on any atom is 0.263 e. The Morgan fingerprint density at radius 2 is 1.94 bits per heavy atom. The molecule has 0 saturated heterocycles. The Morgan fingerprint density at radius 1 is 1.25 bits per heavy atom. The summed E-state index contributed by atoms with van der Waals surface area (Å²) in [6.45, 7) is 1.87. The molecule has 0 bridgehead atoms. The molecule has 0 fully saturated rings. The number of sulfonamides is 1. The molecule has 0 unspecified atom stereocenters. The van der Waals surface area contributed by atoms with Crippen molar-refractivity contribution in [3.05, 3.63) is 41.3 Å². The van der Waals surface area contributed by atoms with Gasteiger partial charge in [0.2, 0.25) is 0 Å². The van der Waals surface area contributed by atoms with Crippen LogP contribution >= 0.6 is 11.5 Å². The Labute approximate surface area is 98.2 Å². The molecule has 0 spiro atoms. The Hall–Kier alpha value is -1.40. The van der Waals surface area contributed by atoms with Crippen molar-refractivity contribution in [2.45, 2.75) is 11.8 Å². The SMILES string of the molecule is Cc1cc(NS(=O)(=O)c2ccccc2)ns1. The summed E-state index contributed by atoms with van der Waals surface area (Å²) in [5, 5.41) is 0. The van der Waals surface area contributed by atoms with E-state index in [0.717, 1.165) is 4.88 Å². The lowest BCUT2D eigenvalue weighted by Gasteiger charge is -2.04. The van der Waals surface area contributed by atoms with E-state index >= 15 is 0 Å².